The van der Waals surface area contributed by atoms with Gasteiger partial charge in [0.25, 0.3) is 11.8 Å². The molecule has 0 spiro atoms. The van der Waals surface area contributed by atoms with Crippen molar-refractivity contribution in [2.75, 3.05) is 6.54 Å². The van der Waals surface area contributed by atoms with Crippen molar-refractivity contribution in [1.82, 2.24) is 4.90 Å². The van der Waals surface area contributed by atoms with Gasteiger partial charge in [0.2, 0.25) is 0 Å². The molecule has 0 N–H and O–H groups in total. The lowest BCUT2D eigenvalue weighted by Crippen LogP contribution is -2.68. The molecule has 3 unspecified atom stereocenters. The van der Waals surface area contributed by atoms with E-state index < -0.39 is 5.60 Å². The maximum Gasteiger partial charge on any atom is 0.253 e. The Hall–Kier alpha value is -1.20. The quantitative estimate of drug-likeness (QED) is 0.425. The Morgan fingerprint density at radius 1 is 1.21 bits per heavy atom. The molecule has 0 aromatic carbocycles. The van der Waals surface area contributed by atoms with Crippen LogP contribution in [-0.2, 0) is 19.4 Å². The molecule has 3 aliphatic carbocycles. The summed E-state index contributed by atoms with van der Waals surface area (Å²) in [6, 6.07) is 0. The van der Waals surface area contributed by atoms with Crippen molar-refractivity contribution < 1.29 is 19.4 Å². The van der Waals surface area contributed by atoms with Crippen molar-refractivity contribution in [2.45, 2.75) is 71.5 Å². The molecule has 5 nitrogen and oxygen atoms in total. The zero-order valence-corrected chi connectivity index (χ0v) is 15.4. The van der Waals surface area contributed by atoms with E-state index in [2.05, 4.69) is 20.8 Å². The van der Waals surface area contributed by atoms with Crippen molar-refractivity contribution in [2.24, 2.45) is 17.3 Å². The number of imide groups is 1. The smallest absolute Gasteiger partial charge is 0.253 e. The molecule has 3 saturated carbocycles. The molecule has 0 saturated heterocycles. The summed E-state index contributed by atoms with van der Waals surface area (Å²) in [5.41, 5.74) is -0.643. The summed E-state index contributed by atoms with van der Waals surface area (Å²) in [5, 5.41) is 0. The lowest BCUT2D eigenvalue weighted by molar-refractivity contribution is -0.472. The summed E-state index contributed by atoms with van der Waals surface area (Å²) in [4.78, 5) is 36.5. The van der Waals surface area contributed by atoms with Gasteiger partial charge < -0.3 is 0 Å². The van der Waals surface area contributed by atoms with E-state index in [0.29, 0.717) is 24.8 Å². The van der Waals surface area contributed by atoms with E-state index in [-0.39, 0.29) is 22.8 Å². The number of nitrogens with zero attached hydrogens (tertiary/aromatic N) is 1. The third kappa shape index (κ3) is 2.62. The van der Waals surface area contributed by atoms with Gasteiger partial charge in [-0.3, -0.25) is 14.5 Å². The number of amides is 2. The Morgan fingerprint density at radius 3 is 2.38 bits per heavy atom. The van der Waals surface area contributed by atoms with Crippen LogP contribution in [-0.4, -0.2) is 34.5 Å². The largest absolute Gasteiger partial charge is 0.275 e. The minimum Gasteiger partial charge on any atom is -0.275 e. The van der Waals surface area contributed by atoms with E-state index in [1.165, 1.54) is 29.9 Å². The van der Waals surface area contributed by atoms with Gasteiger partial charge >= 0.3 is 0 Å². The molecule has 1 heterocycles. The second-order valence-electron chi connectivity index (χ2n) is 8.83. The minimum absolute atomic E-state index is 0.131. The first-order chi connectivity index (χ1) is 11.1. The molecule has 134 valence electrons. The van der Waals surface area contributed by atoms with E-state index >= 15 is 0 Å². The average molecular weight is 335 g/mol. The molecule has 2 amide bonds. The highest BCUT2D eigenvalue weighted by molar-refractivity contribution is 6.12. The Balaban J connectivity index is 1.57. The van der Waals surface area contributed by atoms with Gasteiger partial charge in [-0.05, 0) is 51.4 Å². The van der Waals surface area contributed by atoms with Crippen LogP contribution in [0.25, 0.3) is 0 Å². The van der Waals surface area contributed by atoms with Gasteiger partial charge in [0.1, 0.15) is 5.60 Å². The van der Waals surface area contributed by atoms with E-state index in [1.54, 1.807) is 0 Å². The molecule has 1 aliphatic heterocycles. The number of carbonyl (C=O) groups is 2. The number of hydrogen-bond donors (Lipinski definition) is 0. The number of fused-ring (bicyclic) bond motifs is 2. The monoisotopic (exact) mass is 335 g/mol. The van der Waals surface area contributed by atoms with Crippen molar-refractivity contribution in [3.63, 3.8) is 0 Å². The fourth-order valence-corrected chi connectivity index (χ4v) is 4.57. The fourth-order valence-electron chi connectivity index (χ4n) is 4.57. The molecule has 24 heavy (non-hydrogen) atoms. The third-order valence-corrected chi connectivity index (χ3v) is 6.66. The molecule has 3 fully saturated rings. The van der Waals surface area contributed by atoms with Gasteiger partial charge in [-0.2, -0.15) is 0 Å². The zero-order valence-electron chi connectivity index (χ0n) is 15.4. The fraction of sp³-hybridized carbons (Fsp3) is 0.789. The van der Waals surface area contributed by atoms with E-state index in [4.69, 9.17) is 9.78 Å². The number of rotatable bonds is 6. The highest BCUT2D eigenvalue weighted by atomic mass is 17.2. The normalized spacial score (nSPS) is 34.6. The Labute approximate surface area is 144 Å². The van der Waals surface area contributed by atoms with Crippen LogP contribution < -0.4 is 0 Å². The molecular weight excluding hydrogens is 306 g/mol. The lowest BCUT2D eigenvalue weighted by atomic mass is 9.43. The SMILES string of the molecule is CC1CCC2CC1(OOC(C)(C)CCN1C(=O)C=CC1=O)C2(C)C. The first-order valence-corrected chi connectivity index (χ1v) is 8.99. The summed E-state index contributed by atoms with van der Waals surface area (Å²) in [6.07, 6.45) is 6.68. The van der Waals surface area contributed by atoms with Crippen LogP contribution in [0.4, 0.5) is 0 Å². The van der Waals surface area contributed by atoms with Gasteiger partial charge in [-0.1, -0.05) is 20.8 Å². The highest BCUT2D eigenvalue weighted by Gasteiger charge is 2.67. The summed E-state index contributed by atoms with van der Waals surface area (Å²) in [6.45, 7) is 11.0. The maximum absolute atomic E-state index is 11.6. The third-order valence-electron chi connectivity index (χ3n) is 6.66. The van der Waals surface area contributed by atoms with Crippen molar-refractivity contribution >= 4 is 11.8 Å². The Morgan fingerprint density at radius 2 is 1.83 bits per heavy atom. The van der Waals surface area contributed by atoms with Gasteiger partial charge in [0, 0.05) is 24.1 Å². The topological polar surface area (TPSA) is 55.8 Å². The second kappa shape index (κ2) is 5.67. The molecule has 4 aliphatic rings. The van der Waals surface area contributed by atoms with Crippen LogP contribution in [0, 0.1) is 17.3 Å². The predicted molar refractivity (Wildman–Crippen MR) is 89.7 cm³/mol. The predicted octanol–water partition coefficient (Wildman–Crippen LogP) is 3.24. The van der Waals surface area contributed by atoms with Crippen LogP contribution in [0.2, 0.25) is 0 Å². The summed E-state index contributed by atoms with van der Waals surface area (Å²) < 4.78 is 0. The Bertz CT molecular complexity index is 562. The number of carbonyl (C=O) groups excluding carboxylic acids is 2. The van der Waals surface area contributed by atoms with Crippen molar-refractivity contribution in [3.8, 4) is 0 Å². The number of hydrogen-bond acceptors (Lipinski definition) is 4. The lowest BCUT2D eigenvalue weighted by Gasteiger charge is -2.66. The summed E-state index contributed by atoms with van der Waals surface area (Å²) in [7, 11) is 0. The molecule has 5 heteroatoms. The molecule has 3 atom stereocenters. The summed E-state index contributed by atoms with van der Waals surface area (Å²) >= 11 is 0. The van der Waals surface area contributed by atoms with Gasteiger partial charge in [-0.15, -0.1) is 0 Å². The summed E-state index contributed by atoms with van der Waals surface area (Å²) in [5.74, 6) is 0.684. The minimum atomic E-state index is -0.559. The first-order valence-electron chi connectivity index (χ1n) is 8.99. The molecule has 0 aromatic heterocycles. The zero-order chi connectivity index (χ0) is 17.8. The molecule has 4 rings (SSSR count). The van der Waals surface area contributed by atoms with Crippen LogP contribution in [0.3, 0.4) is 0 Å². The standard InChI is InChI=1S/C19H29NO4/c1-13-6-7-14-12-19(13,18(14,4)5)24-23-17(2,3)10-11-20-15(21)8-9-16(20)22/h8-9,13-14H,6-7,10-12H2,1-5H3. The van der Waals surface area contributed by atoms with E-state index in [9.17, 15) is 9.59 Å². The molecule has 2 bridgehead atoms. The van der Waals surface area contributed by atoms with Crippen LogP contribution in [0.15, 0.2) is 12.2 Å². The first kappa shape index (κ1) is 17.6. The van der Waals surface area contributed by atoms with Crippen molar-refractivity contribution in [1.29, 1.82) is 0 Å². The van der Waals surface area contributed by atoms with Crippen LogP contribution in [0.1, 0.15) is 60.3 Å². The van der Waals surface area contributed by atoms with Gasteiger partial charge in [0.05, 0.1) is 5.60 Å². The van der Waals surface area contributed by atoms with E-state index in [1.807, 2.05) is 13.8 Å². The molecule has 0 radical (unpaired) electrons. The van der Waals surface area contributed by atoms with E-state index in [0.717, 1.165) is 6.42 Å². The van der Waals surface area contributed by atoms with Gasteiger partial charge in [0.15, 0.2) is 0 Å². The maximum atomic E-state index is 11.6. The second-order valence-corrected chi connectivity index (χ2v) is 8.83. The van der Waals surface area contributed by atoms with Gasteiger partial charge in [-0.25, -0.2) is 9.78 Å². The molecular formula is C19H29NO4. The van der Waals surface area contributed by atoms with Crippen molar-refractivity contribution in [3.05, 3.63) is 12.2 Å². The average Bonchev–Trinajstić information content (AvgIpc) is 2.82. The van der Waals surface area contributed by atoms with Crippen LogP contribution >= 0.6 is 0 Å². The Kier molecular flexibility index (Phi) is 4.16. The molecule has 0 aromatic rings. The highest BCUT2D eigenvalue weighted by Crippen LogP contribution is 2.66. The van der Waals surface area contributed by atoms with Crippen LogP contribution in [0.5, 0.6) is 0 Å².